The van der Waals surface area contributed by atoms with Crippen molar-refractivity contribution in [3.05, 3.63) is 0 Å². The van der Waals surface area contributed by atoms with E-state index in [1.807, 2.05) is 7.05 Å². The smallest absolute Gasteiger partial charge is 0.234 e. The summed E-state index contributed by atoms with van der Waals surface area (Å²) in [4.78, 5) is 14.2. The number of likely N-dealkylation sites (tertiary alicyclic amines) is 1. The maximum absolute atomic E-state index is 11.9. The van der Waals surface area contributed by atoms with Crippen molar-refractivity contribution in [2.75, 3.05) is 26.7 Å². The van der Waals surface area contributed by atoms with Crippen molar-refractivity contribution in [1.82, 2.24) is 15.5 Å². The van der Waals surface area contributed by atoms with E-state index in [-0.39, 0.29) is 18.3 Å². The Morgan fingerprint density at radius 3 is 2.50 bits per heavy atom. The molecule has 0 aromatic carbocycles. The predicted octanol–water partition coefficient (Wildman–Crippen LogP) is 1.15. The minimum atomic E-state index is 0. The molecule has 1 amide bonds. The fourth-order valence-corrected chi connectivity index (χ4v) is 2.98. The molecule has 2 rings (SSSR count). The first kappa shape index (κ1) is 15.7. The Morgan fingerprint density at radius 2 is 1.83 bits per heavy atom. The third-order valence-electron chi connectivity index (χ3n) is 4.00. The van der Waals surface area contributed by atoms with Gasteiger partial charge in [0, 0.05) is 18.6 Å². The van der Waals surface area contributed by atoms with E-state index in [1.165, 1.54) is 38.5 Å². The summed E-state index contributed by atoms with van der Waals surface area (Å²) < 4.78 is 0. The lowest BCUT2D eigenvalue weighted by Gasteiger charge is -2.32. The van der Waals surface area contributed by atoms with E-state index in [4.69, 9.17) is 0 Å². The van der Waals surface area contributed by atoms with E-state index in [0.717, 1.165) is 13.1 Å². The minimum absolute atomic E-state index is 0. The molecule has 0 bridgehead atoms. The number of amides is 1. The molecule has 1 atom stereocenters. The summed E-state index contributed by atoms with van der Waals surface area (Å²) in [6, 6.07) is 1.01. The molecule has 1 aliphatic carbocycles. The van der Waals surface area contributed by atoms with Crippen molar-refractivity contribution in [2.45, 2.75) is 50.6 Å². The van der Waals surface area contributed by atoms with Crippen molar-refractivity contribution < 1.29 is 4.79 Å². The summed E-state index contributed by atoms with van der Waals surface area (Å²) in [6.07, 6.45) is 7.32. The highest BCUT2D eigenvalue weighted by Gasteiger charge is 2.22. The van der Waals surface area contributed by atoms with Gasteiger partial charge in [0.25, 0.3) is 0 Å². The topological polar surface area (TPSA) is 44.4 Å². The van der Waals surface area contributed by atoms with Crippen molar-refractivity contribution >= 4 is 18.3 Å². The van der Waals surface area contributed by atoms with Crippen LogP contribution in [0.3, 0.4) is 0 Å². The van der Waals surface area contributed by atoms with Crippen molar-refractivity contribution in [2.24, 2.45) is 0 Å². The quantitative estimate of drug-likeness (QED) is 0.809. The number of rotatable bonds is 4. The maximum Gasteiger partial charge on any atom is 0.234 e. The molecule has 1 unspecified atom stereocenters. The van der Waals surface area contributed by atoms with E-state index < -0.39 is 0 Å². The summed E-state index contributed by atoms with van der Waals surface area (Å²) >= 11 is 0. The molecule has 2 fully saturated rings. The molecule has 1 aliphatic heterocycles. The molecular formula is C13H26ClN3O. The number of carbonyl (C=O) groups is 1. The Kier molecular flexibility index (Phi) is 6.97. The van der Waals surface area contributed by atoms with Gasteiger partial charge >= 0.3 is 0 Å². The molecule has 106 valence electrons. The molecule has 1 saturated heterocycles. The predicted molar refractivity (Wildman–Crippen MR) is 76.2 cm³/mol. The van der Waals surface area contributed by atoms with Crippen LogP contribution >= 0.6 is 12.4 Å². The van der Waals surface area contributed by atoms with Crippen LogP contribution in [0.25, 0.3) is 0 Å². The van der Waals surface area contributed by atoms with Crippen LogP contribution in [0.5, 0.6) is 0 Å². The van der Waals surface area contributed by atoms with E-state index in [2.05, 4.69) is 15.5 Å². The molecular weight excluding hydrogens is 250 g/mol. The van der Waals surface area contributed by atoms with E-state index in [1.54, 1.807) is 0 Å². The van der Waals surface area contributed by atoms with Crippen LogP contribution in [0.1, 0.15) is 38.5 Å². The second-order valence-corrected chi connectivity index (χ2v) is 5.41. The van der Waals surface area contributed by atoms with Gasteiger partial charge in [-0.1, -0.05) is 12.8 Å². The van der Waals surface area contributed by atoms with Crippen molar-refractivity contribution in [1.29, 1.82) is 0 Å². The second kappa shape index (κ2) is 7.97. The lowest BCUT2D eigenvalue weighted by Crippen LogP contribution is -2.48. The number of hydrogen-bond acceptors (Lipinski definition) is 3. The largest absolute Gasteiger partial charge is 0.352 e. The lowest BCUT2D eigenvalue weighted by molar-refractivity contribution is -0.123. The van der Waals surface area contributed by atoms with Gasteiger partial charge in [0.1, 0.15) is 0 Å². The molecule has 0 aromatic heterocycles. The molecule has 0 radical (unpaired) electrons. The zero-order valence-electron chi connectivity index (χ0n) is 11.3. The number of carbonyl (C=O) groups excluding carboxylic acids is 1. The van der Waals surface area contributed by atoms with Gasteiger partial charge in [0.2, 0.25) is 5.91 Å². The summed E-state index contributed by atoms with van der Waals surface area (Å²) in [5, 5.41) is 6.46. The fourth-order valence-electron chi connectivity index (χ4n) is 2.98. The molecule has 2 N–H and O–H groups in total. The first-order valence-corrected chi connectivity index (χ1v) is 6.97. The molecule has 18 heavy (non-hydrogen) atoms. The van der Waals surface area contributed by atoms with Crippen LogP contribution in [0.15, 0.2) is 0 Å². The highest BCUT2D eigenvalue weighted by Crippen LogP contribution is 2.17. The van der Waals surface area contributed by atoms with Gasteiger partial charge in [-0.15, -0.1) is 12.4 Å². The number of nitrogens with zero attached hydrogens (tertiary/aromatic N) is 1. The van der Waals surface area contributed by atoms with Crippen molar-refractivity contribution in [3.8, 4) is 0 Å². The van der Waals surface area contributed by atoms with E-state index in [9.17, 15) is 4.79 Å². The highest BCUT2D eigenvalue weighted by atomic mass is 35.5. The van der Waals surface area contributed by atoms with Crippen LogP contribution in [-0.2, 0) is 4.79 Å². The summed E-state index contributed by atoms with van der Waals surface area (Å²) in [7, 11) is 2.01. The highest BCUT2D eigenvalue weighted by molar-refractivity contribution is 5.85. The zero-order chi connectivity index (χ0) is 12.1. The first-order chi connectivity index (χ1) is 8.28. The van der Waals surface area contributed by atoms with Crippen LogP contribution < -0.4 is 10.6 Å². The standard InChI is InChI=1S/C13H25N3O.ClH/c1-14-12-7-4-8-16(9-12)10-13(17)15-11-5-2-3-6-11;/h11-12,14H,2-10H2,1H3,(H,15,17);1H. The molecule has 1 heterocycles. The van der Waals surface area contributed by atoms with Crippen LogP contribution in [0, 0.1) is 0 Å². The Bertz CT molecular complexity index is 257. The van der Waals surface area contributed by atoms with E-state index >= 15 is 0 Å². The molecule has 4 nitrogen and oxygen atoms in total. The first-order valence-electron chi connectivity index (χ1n) is 6.97. The van der Waals surface area contributed by atoms with Gasteiger partial charge in [0.05, 0.1) is 6.54 Å². The van der Waals surface area contributed by atoms with Gasteiger partial charge < -0.3 is 10.6 Å². The average Bonchev–Trinajstić information content (AvgIpc) is 2.82. The van der Waals surface area contributed by atoms with Gasteiger partial charge in [-0.2, -0.15) is 0 Å². The number of likely N-dealkylation sites (N-methyl/N-ethyl adjacent to an activating group) is 1. The summed E-state index contributed by atoms with van der Waals surface area (Å²) in [5.74, 6) is 0.216. The third kappa shape index (κ3) is 4.75. The normalized spacial score (nSPS) is 25.7. The van der Waals surface area contributed by atoms with Gasteiger partial charge in [-0.25, -0.2) is 0 Å². The molecule has 1 saturated carbocycles. The number of halogens is 1. The number of piperidine rings is 1. The van der Waals surface area contributed by atoms with Crippen molar-refractivity contribution in [3.63, 3.8) is 0 Å². The average molecular weight is 276 g/mol. The Balaban J connectivity index is 0.00000162. The van der Waals surface area contributed by atoms with Gasteiger partial charge in [-0.05, 0) is 39.3 Å². The number of hydrogen-bond donors (Lipinski definition) is 2. The Labute approximate surface area is 116 Å². The molecule has 0 aromatic rings. The molecule has 0 spiro atoms. The SMILES string of the molecule is CNC1CCCN(CC(=O)NC2CCCC2)C1.Cl. The lowest BCUT2D eigenvalue weighted by atomic mass is 10.1. The van der Waals surface area contributed by atoms with Crippen LogP contribution in [0.2, 0.25) is 0 Å². The maximum atomic E-state index is 11.9. The number of nitrogens with one attached hydrogen (secondary N) is 2. The van der Waals surface area contributed by atoms with Gasteiger partial charge in [-0.3, -0.25) is 9.69 Å². The van der Waals surface area contributed by atoms with Crippen LogP contribution in [0.4, 0.5) is 0 Å². The van der Waals surface area contributed by atoms with Crippen LogP contribution in [-0.4, -0.2) is 49.6 Å². The van der Waals surface area contributed by atoms with Gasteiger partial charge in [0.15, 0.2) is 0 Å². The second-order valence-electron chi connectivity index (χ2n) is 5.41. The Morgan fingerprint density at radius 1 is 1.17 bits per heavy atom. The minimum Gasteiger partial charge on any atom is -0.352 e. The Hall–Kier alpha value is -0.320. The molecule has 5 heteroatoms. The fraction of sp³-hybridized carbons (Fsp3) is 0.923. The molecule has 2 aliphatic rings. The summed E-state index contributed by atoms with van der Waals surface area (Å²) in [5.41, 5.74) is 0. The monoisotopic (exact) mass is 275 g/mol. The zero-order valence-corrected chi connectivity index (χ0v) is 12.1. The third-order valence-corrected chi connectivity index (χ3v) is 4.00. The summed E-state index contributed by atoms with van der Waals surface area (Å²) in [6.45, 7) is 2.65. The van der Waals surface area contributed by atoms with E-state index in [0.29, 0.717) is 18.6 Å².